The van der Waals surface area contributed by atoms with Gasteiger partial charge in [0.25, 0.3) is 0 Å². The minimum Gasteiger partial charge on any atom is -0.396 e. The highest BCUT2D eigenvalue weighted by Crippen LogP contribution is 2.38. The molecule has 3 rings (SSSR count). The zero-order chi connectivity index (χ0) is 13.6. The Balaban J connectivity index is 1.92. The molecule has 0 radical (unpaired) electrons. The number of rotatable bonds is 5. The summed E-state index contributed by atoms with van der Waals surface area (Å²) in [6.07, 6.45) is 4.04. The van der Waals surface area contributed by atoms with Crippen LogP contribution in [0.15, 0.2) is 23.1 Å². The van der Waals surface area contributed by atoms with Gasteiger partial charge in [0.15, 0.2) is 0 Å². The largest absolute Gasteiger partial charge is 0.396 e. The highest BCUT2D eigenvalue weighted by atomic mass is 32.2. The normalized spacial score (nSPS) is 19.9. The van der Waals surface area contributed by atoms with E-state index in [4.69, 9.17) is 5.73 Å². The lowest BCUT2D eigenvalue weighted by Crippen LogP contribution is -2.35. The van der Waals surface area contributed by atoms with Gasteiger partial charge in [-0.25, -0.2) is 12.8 Å². The average molecular weight is 284 g/mol. The predicted molar refractivity (Wildman–Crippen MR) is 70.5 cm³/mol. The number of anilines is 1. The zero-order valence-corrected chi connectivity index (χ0v) is 11.4. The van der Waals surface area contributed by atoms with Crippen LogP contribution < -0.4 is 5.73 Å². The summed E-state index contributed by atoms with van der Waals surface area (Å²) < 4.78 is 39.9. The fraction of sp³-hybridized carbons (Fsp3) is 0.538. The summed E-state index contributed by atoms with van der Waals surface area (Å²) in [5.41, 5.74) is 5.34. The molecule has 0 saturated heterocycles. The summed E-state index contributed by atoms with van der Waals surface area (Å²) in [6, 6.07) is 3.75. The SMILES string of the molecule is Nc1cc(S(=O)(=O)N(CC2CC2)C2CC2)ccc1F. The summed E-state index contributed by atoms with van der Waals surface area (Å²) in [6.45, 7) is 0.588. The molecule has 104 valence electrons. The van der Waals surface area contributed by atoms with Gasteiger partial charge in [-0.15, -0.1) is 0 Å². The van der Waals surface area contributed by atoms with E-state index < -0.39 is 15.8 Å². The third kappa shape index (κ3) is 2.60. The van der Waals surface area contributed by atoms with Gasteiger partial charge in [0, 0.05) is 12.6 Å². The maximum atomic E-state index is 13.1. The van der Waals surface area contributed by atoms with Gasteiger partial charge in [-0.05, 0) is 49.8 Å². The molecule has 2 aliphatic carbocycles. The topological polar surface area (TPSA) is 63.4 Å². The molecule has 2 aliphatic rings. The average Bonchev–Trinajstić information content (AvgIpc) is 3.23. The van der Waals surface area contributed by atoms with Gasteiger partial charge >= 0.3 is 0 Å². The maximum Gasteiger partial charge on any atom is 0.243 e. The van der Waals surface area contributed by atoms with Crippen LogP contribution in [-0.2, 0) is 10.0 Å². The van der Waals surface area contributed by atoms with Gasteiger partial charge in [-0.3, -0.25) is 0 Å². The van der Waals surface area contributed by atoms with Crippen molar-refractivity contribution < 1.29 is 12.8 Å². The quantitative estimate of drug-likeness (QED) is 0.841. The van der Waals surface area contributed by atoms with Gasteiger partial charge < -0.3 is 5.73 Å². The molecule has 0 spiro atoms. The van der Waals surface area contributed by atoms with Crippen molar-refractivity contribution in [2.24, 2.45) is 5.92 Å². The van der Waals surface area contributed by atoms with Crippen molar-refractivity contribution in [3.8, 4) is 0 Å². The predicted octanol–water partition coefficient (Wildman–Crippen LogP) is 1.97. The van der Waals surface area contributed by atoms with E-state index >= 15 is 0 Å². The van der Waals surface area contributed by atoms with Gasteiger partial charge in [0.05, 0.1) is 10.6 Å². The van der Waals surface area contributed by atoms with E-state index in [0.29, 0.717) is 12.5 Å². The molecule has 0 bridgehead atoms. The Morgan fingerprint density at radius 3 is 2.47 bits per heavy atom. The van der Waals surface area contributed by atoms with Crippen LogP contribution in [0.25, 0.3) is 0 Å². The molecular formula is C13H17FN2O2S. The lowest BCUT2D eigenvalue weighted by atomic mass is 10.3. The molecule has 6 heteroatoms. The smallest absolute Gasteiger partial charge is 0.243 e. The lowest BCUT2D eigenvalue weighted by Gasteiger charge is -2.22. The molecule has 0 aliphatic heterocycles. The van der Waals surface area contributed by atoms with Crippen LogP contribution in [-0.4, -0.2) is 25.3 Å². The Morgan fingerprint density at radius 2 is 1.95 bits per heavy atom. The summed E-state index contributed by atoms with van der Waals surface area (Å²) in [5.74, 6) is -0.0905. The van der Waals surface area contributed by atoms with Crippen LogP contribution in [0.2, 0.25) is 0 Å². The minimum absolute atomic E-state index is 0.0963. The van der Waals surface area contributed by atoms with Crippen LogP contribution in [0, 0.1) is 11.7 Å². The first kappa shape index (κ1) is 12.9. The molecule has 4 nitrogen and oxygen atoms in total. The number of hydrogen-bond acceptors (Lipinski definition) is 3. The first-order valence-electron chi connectivity index (χ1n) is 6.55. The second kappa shape index (κ2) is 4.45. The molecule has 0 amide bonds. The highest BCUT2D eigenvalue weighted by Gasteiger charge is 2.41. The Morgan fingerprint density at radius 1 is 1.26 bits per heavy atom. The van der Waals surface area contributed by atoms with E-state index in [1.165, 1.54) is 12.1 Å². The third-order valence-corrected chi connectivity index (χ3v) is 5.58. The monoisotopic (exact) mass is 284 g/mol. The molecule has 0 atom stereocenters. The second-order valence-corrected chi connectivity index (χ2v) is 7.32. The first-order valence-corrected chi connectivity index (χ1v) is 7.99. The number of hydrogen-bond donors (Lipinski definition) is 1. The van der Waals surface area contributed by atoms with Crippen molar-refractivity contribution in [1.29, 1.82) is 0 Å². The summed E-state index contributed by atoms with van der Waals surface area (Å²) >= 11 is 0. The van der Waals surface area contributed by atoms with Crippen molar-refractivity contribution in [2.45, 2.75) is 36.6 Å². The van der Waals surface area contributed by atoms with Crippen LogP contribution in [0.5, 0.6) is 0 Å². The Bertz CT molecular complexity index is 595. The van der Waals surface area contributed by atoms with Crippen molar-refractivity contribution in [1.82, 2.24) is 4.31 Å². The Hall–Kier alpha value is -1.14. The van der Waals surface area contributed by atoms with Gasteiger partial charge in [0.1, 0.15) is 5.82 Å². The van der Waals surface area contributed by atoms with E-state index in [9.17, 15) is 12.8 Å². The maximum absolute atomic E-state index is 13.1. The summed E-state index contributed by atoms with van der Waals surface area (Å²) in [5, 5.41) is 0. The first-order chi connectivity index (χ1) is 8.98. The summed E-state index contributed by atoms with van der Waals surface area (Å²) in [7, 11) is -3.55. The van der Waals surface area contributed by atoms with Crippen LogP contribution >= 0.6 is 0 Å². The van der Waals surface area contributed by atoms with E-state index in [1.807, 2.05) is 0 Å². The molecule has 0 aromatic heterocycles. The van der Waals surface area contributed by atoms with Crippen LogP contribution in [0.1, 0.15) is 25.7 Å². The summed E-state index contributed by atoms with van der Waals surface area (Å²) in [4.78, 5) is 0.0963. The minimum atomic E-state index is -3.55. The van der Waals surface area contributed by atoms with Crippen molar-refractivity contribution in [3.05, 3.63) is 24.0 Å². The molecule has 0 heterocycles. The standard InChI is InChI=1S/C13H17FN2O2S/c14-12-6-5-11(7-13(12)15)19(17,18)16(10-3-4-10)8-9-1-2-9/h5-7,9-10H,1-4,8,15H2. The van der Waals surface area contributed by atoms with Gasteiger partial charge in [-0.2, -0.15) is 4.31 Å². The molecule has 1 aromatic rings. The fourth-order valence-corrected chi connectivity index (χ4v) is 3.98. The zero-order valence-electron chi connectivity index (χ0n) is 10.5. The van der Waals surface area contributed by atoms with Crippen LogP contribution in [0.3, 0.4) is 0 Å². The van der Waals surface area contributed by atoms with Crippen LogP contribution in [0.4, 0.5) is 10.1 Å². The number of nitrogens with two attached hydrogens (primary N) is 1. The van der Waals surface area contributed by atoms with E-state index in [2.05, 4.69) is 0 Å². The van der Waals surface area contributed by atoms with E-state index in [-0.39, 0.29) is 16.6 Å². The number of halogens is 1. The van der Waals surface area contributed by atoms with Gasteiger partial charge in [-0.1, -0.05) is 0 Å². The molecule has 19 heavy (non-hydrogen) atoms. The fourth-order valence-electron chi connectivity index (χ4n) is 2.18. The number of benzene rings is 1. The number of nitrogen functional groups attached to an aromatic ring is 1. The van der Waals surface area contributed by atoms with Gasteiger partial charge in [0.2, 0.25) is 10.0 Å². The molecular weight excluding hydrogens is 267 g/mol. The van der Waals surface area contributed by atoms with Crippen molar-refractivity contribution >= 4 is 15.7 Å². The molecule has 0 unspecified atom stereocenters. The van der Waals surface area contributed by atoms with E-state index in [1.54, 1.807) is 4.31 Å². The van der Waals surface area contributed by atoms with Crippen molar-refractivity contribution in [3.63, 3.8) is 0 Å². The number of sulfonamides is 1. The third-order valence-electron chi connectivity index (χ3n) is 3.66. The lowest BCUT2D eigenvalue weighted by molar-refractivity contribution is 0.388. The molecule has 2 fully saturated rings. The Labute approximate surface area is 112 Å². The van der Waals surface area contributed by atoms with Crippen molar-refractivity contribution in [2.75, 3.05) is 12.3 Å². The molecule has 1 aromatic carbocycles. The molecule has 2 N–H and O–H groups in total. The molecule has 2 saturated carbocycles. The van der Waals surface area contributed by atoms with E-state index in [0.717, 1.165) is 31.7 Å². The Kier molecular flexibility index (Phi) is 3.02. The highest BCUT2D eigenvalue weighted by molar-refractivity contribution is 7.89. The second-order valence-electron chi connectivity index (χ2n) is 5.43. The number of nitrogens with zero attached hydrogens (tertiary/aromatic N) is 1.